The van der Waals surface area contributed by atoms with Crippen LogP contribution in [0.3, 0.4) is 0 Å². The number of rotatable bonds is 4. The molecule has 0 aliphatic heterocycles. The van der Waals surface area contributed by atoms with E-state index in [1.54, 1.807) is 13.0 Å². The third-order valence-electron chi connectivity index (χ3n) is 3.17. The zero-order valence-electron chi connectivity index (χ0n) is 11.7. The maximum atomic E-state index is 13.4. The zero-order valence-corrected chi connectivity index (χ0v) is 11.7. The van der Waals surface area contributed by atoms with E-state index in [9.17, 15) is 4.39 Å². The molecule has 108 valence electrons. The number of benzene rings is 1. The summed E-state index contributed by atoms with van der Waals surface area (Å²) < 4.78 is 18.4. The first-order chi connectivity index (χ1) is 10.2. The molecule has 1 unspecified atom stereocenters. The van der Waals surface area contributed by atoms with Crippen LogP contribution in [-0.4, -0.2) is 20.1 Å². The number of fused-ring (bicyclic) bond motifs is 1. The maximum Gasteiger partial charge on any atom is 0.223 e. The lowest BCUT2D eigenvalue weighted by Crippen LogP contribution is -2.13. The summed E-state index contributed by atoms with van der Waals surface area (Å²) in [5.41, 5.74) is 0.674. The lowest BCUT2D eigenvalue weighted by molar-refractivity contribution is 0.384. The van der Waals surface area contributed by atoms with E-state index < -0.39 is 0 Å². The van der Waals surface area contributed by atoms with Crippen LogP contribution in [-0.2, 0) is 0 Å². The van der Waals surface area contributed by atoms with Crippen molar-refractivity contribution in [3.63, 3.8) is 0 Å². The van der Waals surface area contributed by atoms with Crippen molar-refractivity contribution in [2.24, 2.45) is 0 Å². The largest absolute Gasteiger partial charge is 0.359 e. The van der Waals surface area contributed by atoms with Crippen molar-refractivity contribution in [2.75, 3.05) is 5.32 Å². The zero-order chi connectivity index (χ0) is 14.8. The van der Waals surface area contributed by atoms with Crippen molar-refractivity contribution in [1.29, 1.82) is 0 Å². The summed E-state index contributed by atoms with van der Waals surface area (Å²) in [5.74, 6) is 1.28. The van der Waals surface area contributed by atoms with E-state index >= 15 is 0 Å². The quantitative estimate of drug-likeness (QED) is 0.794. The second-order valence-corrected chi connectivity index (χ2v) is 4.66. The Balaban J connectivity index is 1.98. The molecule has 0 saturated heterocycles. The van der Waals surface area contributed by atoms with E-state index in [4.69, 9.17) is 4.52 Å². The minimum atomic E-state index is -0.330. The molecule has 0 saturated carbocycles. The summed E-state index contributed by atoms with van der Waals surface area (Å²) in [6.45, 7) is 3.73. The Bertz CT molecular complexity index is 773. The van der Waals surface area contributed by atoms with Crippen LogP contribution in [0.4, 0.5) is 10.2 Å². The average Bonchev–Trinajstić information content (AvgIpc) is 2.91. The number of nitrogens with one attached hydrogen (secondary N) is 1. The molecular weight excluding hydrogens is 273 g/mol. The van der Waals surface area contributed by atoms with Crippen LogP contribution in [0.15, 0.2) is 29.0 Å². The first-order valence-corrected chi connectivity index (χ1v) is 6.64. The molecule has 0 fully saturated rings. The molecule has 0 radical (unpaired) electrons. The van der Waals surface area contributed by atoms with Gasteiger partial charge in [-0.15, -0.1) is 0 Å². The van der Waals surface area contributed by atoms with Crippen molar-refractivity contribution < 1.29 is 8.91 Å². The Morgan fingerprint density at radius 2 is 2.19 bits per heavy atom. The number of halogens is 1. The number of aromatic nitrogens is 4. The molecule has 3 rings (SSSR count). The molecule has 2 aromatic heterocycles. The third-order valence-corrected chi connectivity index (χ3v) is 3.17. The second-order valence-electron chi connectivity index (χ2n) is 4.66. The Hall–Kier alpha value is -2.57. The van der Waals surface area contributed by atoms with Crippen molar-refractivity contribution in [1.82, 2.24) is 20.1 Å². The number of hydrogen-bond acceptors (Lipinski definition) is 6. The highest BCUT2D eigenvalue weighted by molar-refractivity contribution is 5.88. The molecule has 0 aliphatic carbocycles. The van der Waals surface area contributed by atoms with Crippen LogP contribution in [0.1, 0.15) is 31.1 Å². The first-order valence-electron chi connectivity index (χ1n) is 6.64. The number of aryl methyl sites for hydroxylation is 1. The van der Waals surface area contributed by atoms with Crippen LogP contribution in [0.25, 0.3) is 10.9 Å². The molecule has 6 nitrogen and oxygen atoms in total. The number of hydrogen-bond donors (Lipinski definition) is 1. The smallest absolute Gasteiger partial charge is 0.223 e. The Kier molecular flexibility index (Phi) is 3.47. The van der Waals surface area contributed by atoms with Crippen molar-refractivity contribution in [3.05, 3.63) is 42.1 Å². The van der Waals surface area contributed by atoms with Crippen LogP contribution in [0, 0.1) is 12.7 Å². The molecule has 0 aliphatic rings. The molecule has 2 heterocycles. The van der Waals surface area contributed by atoms with Gasteiger partial charge in [-0.3, -0.25) is 0 Å². The van der Waals surface area contributed by atoms with E-state index in [1.807, 2.05) is 6.92 Å². The fraction of sp³-hybridized carbons (Fsp3) is 0.286. The average molecular weight is 287 g/mol. The lowest BCUT2D eigenvalue weighted by Gasteiger charge is -2.15. The Morgan fingerprint density at radius 1 is 1.33 bits per heavy atom. The number of anilines is 1. The van der Waals surface area contributed by atoms with Crippen molar-refractivity contribution >= 4 is 16.7 Å². The SMILES string of the molecule is CCC(Nc1ncnc2ccc(F)cc12)c1noc(C)n1. The summed E-state index contributed by atoms with van der Waals surface area (Å²) in [6.07, 6.45) is 2.18. The summed E-state index contributed by atoms with van der Waals surface area (Å²) in [4.78, 5) is 12.5. The predicted molar refractivity (Wildman–Crippen MR) is 75.2 cm³/mol. The molecule has 21 heavy (non-hydrogen) atoms. The highest BCUT2D eigenvalue weighted by Crippen LogP contribution is 2.25. The monoisotopic (exact) mass is 287 g/mol. The van der Waals surface area contributed by atoms with Crippen molar-refractivity contribution in [2.45, 2.75) is 26.3 Å². The Labute approximate surface area is 120 Å². The highest BCUT2D eigenvalue weighted by Gasteiger charge is 2.17. The van der Waals surface area contributed by atoms with Crippen LogP contribution in [0.5, 0.6) is 0 Å². The molecular formula is C14H14FN5O. The Morgan fingerprint density at radius 3 is 2.90 bits per heavy atom. The van der Waals surface area contributed by atoms with Crippen LogP contribution in [0.2, 0.25) is 0 Å². The molecule has 7 heteroatoms. The fourth-order valence-corrected chi connectivity index (χ4v) is 2.11. The minimum Gasteiger partial charge on any atom is -0.359 e. The lowest BCUT2D eigenvalue weighted by atomic mass is 10.2. The summed E-state index contributed by atoms with van der Waals surface area (Å²) >= 11 is 0. The molecule has 0 spiro atoms. The summed E-state index contributed by atoms with van der Waals surface area (Å²) in [6, 6.07) is 4.24. The van der Waals surface area contributed by atoms with Gasteiger partial charge in [-0.25, -0.2) is 14.4 Å². The fourth-order valence-electron chi connectivity index (χ4n) is 2.11. The van der Waals surface area contributed by atoms with Gasteiger partial charge in [-0.2, -0.15) is 4.98 Å². The van der Waals surface area contributed by atoms with Gasteiger partial charge in [-0.05, 0) is 24.6 Å². The molecule has 0 bridgehead atoms. The molecule has 1 aromatic carbocycles. The van der Waals surface area contributed by atoms with Gasteiger partial charge in [0.05, 0.1) is 11.6 Å². The van der Waals surface area contributed by atoms with Gasteiger partial charge in [0, 0.05) is 12.3 Å². The maximum absolute atomic E-state index is 13.4. The summed E-state index contributed by atoms with van der Waals surface area (Å²) in [7, 11) is 0. The standard InChI is InChI=1S/C14H14FN5O/c1-3-11(14-18-8(2)21-20-14)19-13-10-6-9(15)4-5-12(10)16-7-17-13/h4-7,11H,3H2,1-2H3,(H,16,17,19). The summed E-state index contributed by atoms with van der Waals surface area (Å²) in [5, 5.41) is 7.76. The topological polar surface area (TPSA) is 76.7 Å². The molecule has 3 aromatic rings. The van der Waals surface area contributed by atoms with E-state index in [1.165, 1.54) is 18.5 Å². The first kappa shape index (κ1) is 13.4. The van der Waals surface area contributed by atoms with Gasteiger partial charge < -0.3 is 9.84 Å². The van der Waals surface area contributed by atoms with Gasteiger partial charge in [0.2, 0.25) is 5.89 Å². The van der Waals surface area contributed by atoms with Gasteiger partial charge >= 0.3 is 0 Å². The van der Waals surface area contributed by atoms with Gasteiger partial charge in [-0.1, -0.05) is 12.1 Å². The molecule has 0 amide bonds. The number of nitrogens with zero attached hydrogens (tertiary/aromatic N) is 4. The minimum absolute atomic E-state index is 0.163. The van der Waals surface area contributed by atoms with Crippen LogP contribution < -0.4 is 5.32 Å². The molecule has 1 atom stereocenters. The van der Waals surface area contributed by atoms with Crippen LogP contribution >= 0.6 is 0 Å². The van der Waals surface area contributed by atoms with Gasteiger partial charge in [0.1, 0.15) is 18.0 Å². The van der Waals surface area contributed by atoms with Crippen molar-refractivity contribution in [3.8, 4) is 0 Å². The van der Waals surface area contributed by atoms with Gasteiger partial charge in [0.15, 0.2) is 5.82 Å². The second kappa shape index (κ2) is 5.43. The highest BCUT2D eigenvalue weighted by atomic mass is 19.1. The van der Waals surface area contributed by atoms with Gasteiger partial charge in [0.25, 0.3) is 0 Å². The van der Waals surface area contributed by atoms with E-state index in [0.717, 1.165) is 6.42 Å². The molecule has 1 N–H and O–H groups in total. The normalized spacial score (nSPS) is 12.5. The van der Waals surface area contributed by atoms with E-state index in [-0.39, 0.29) is 11.9 Å². The van der Waals surface area contributed by atoms with E-state index in [0.29, 0.717) is 28.4 Å². The third kappa shape index (κ3) is 2.67. The predicted octanol–water partition coefficient (Wildman–Crippen LogP) is 3.02. The van der Waals surface area contributed by atoms with E-state index in [2.05, 4.69) is 25.4 Å².